The third-order valence-electron chi connectivity index (χ3n) is 10.5. The highest BCUT2D eigenvalue weighted by Gasteiger charge is 2.62. The highest BCUT2D eigenvalue weighted by Crippen LogP contribution is 2.45. The number of ether oxygens (including phenoxy) is 1. The number of nitrogens with one attached hydrogen (secondary N) is 4. The first-order chi connectivity index (χ1) is 24.0. The van der Waals surface area contributed by atoms with E-state index in [1.165, 1.54) is 11.0 Å². The van der Waals surface area contributed by atoms with E-state index in [1.54, 1.807) is 18.7 Å². The van der Waals surface area contributed by atoms with Crippen LogP contribution in [0.3, 0.4) is 0 Å². The lowest BCUT2D eigenvalue weighted by Crippen LogP contribution is -2.60. The molecular weight excluding hydrogens is 676 g/mol. The number of sulfonamides is 1. The van der Waals surface area contributed by atoms with Crippen LogP contribution in [0.5, 0.6) is 0 Å². The molecule has 276 valence electrons. The monoisotopic (exact) mass is 724 g/mol. The summed E-state index contributed by atoms with van der Waals surface area (Å²) in [5.74, 6) is -3.03. The molecule has 0 radical (unpaired) electrons. The van der Waals surface area contributed by atoms with Gasteiger partial charge in [-0.25, -0.2) is 18.0 Å². The van der Waals surface area contributed by atoms with Crippen LogP contribution in [-0.4, -0.2) is 89.1 Å². The third kappa shape index (κ3) is 7.63. The maximum absolute atomic E-state index is 14.3. The van der Waals surface area contributed by atoms with Crippen molar-refractivity contribution < 1.29 is 37.1 Å². The zero-order chi connectivity index (χ0) is 36.9. The summed E-state index contributed by atoms with van der Waals surface area (Å²) in [6.07, 6.45) is 6.33. The van der Waals surface area contributed by atoms with Crippen LogP contribution in [-0.2, 0) is 42.2 Å². The van der Waals surface area contributed by atoms with Gasteiger partial charge in [0.25, 0.3) is 5.91 Å². The summed E-state index contributed by atoms with van der Waals surface area (Å²) >= 11 is 0. The maximum atomic E-state index is 14.3. The fourth-order valence-corrected chi connectivity index (χ4v) is 8.60. The third-order valence-corrected chi connectivity index (χ3v) is 12.4. The normalized spacial score (nSPS) is 29.2. The van der Waals surface area contributed by atoms with E-state index in [0.717, 1.165) is 16.7 Å². The number of benzene rings is 1. The Bertz CT molecular complexity index is 1770. The van der Waals surface area contributed by atoms with Crippen molar-refractivity contribution in [2.75, 3.05) is 6.54 Å². The second kappa shape index (κ2) is 13.6. The average molecular weight is 725 g/mol. The van der Waals surface area contributed by atoms with E-state index in [0.29, 0.717) is 38.8 Å². The summed E-state index contributed by atoms with van der Waals surface area (Å²) in [5, 5.41) is 7.88. The Labute approximate surface area is 298 Å². The zero-order valence-corrected chi connectivity index (χ0v) is 30.4. The summed E-state index contributed by atoms with van der Waals surface area (Å²) in [6, 6.07) is 3.12. The number of urea groups is 1. The molecule has 0 spiro atoms. The molecule has 2 aliphatic carbocycles. The molecule has 14 nitrogen and oxygen atoms in total. The first-order valence-corrected chi connectivity index (χ1v) is 19.2. The van der Waals surface area contributed by atoms with E-state index in [2.05, 4.69) is 27.3 Å². The molecular formula is C36H48N6O8S. The van der Waals surface area contributed by atoms with Crippen LogP contribution in [0, 0.1) is 11.8 Å². The molecule has 1 aromatic rings. The average Bonchev–Trinajstić information content (AvgIpc) is 3.95. The lowest BCUT2D eigenvalue weighted by molar-refractivity contribution is -0.141. The Morgan fingerprint density at radius 3 is 2.55 bits per heavy atom. The van der Waals surface area contributed by atoms with Crippen molar-refractivity contribution in [2.24, 2.45) is 11.8 Å². The van der Waals surface area contributed by atoms with Crippen molar-refractivity contribution in [3.63, 3.8) is 0 Å². The largest absolute Gasteiger partial charge is 0.444 e. The molecule has 4 N–H and O–H groups in total. The van der Waals surface area contributed by atoms with Crippen molar-refractivity contribution >= 4 is 45.9 Å². The second-order valence-corrected chi connectivity index (χ2v) is 17.4. The van der Waals surface area contributed by atoms with Gasteiger partial charge in [-0.2, -0.15) is 0 Å². The molecule has 2 saturated carbocycles. The van der Waals surface area contributed by atoms with Crippen LogP contribution in [0.1, 0.15) is 82.9 Å². The molecule has 3 heterocycles. The topological polar surface area (TPSA) is 183 Å². The molecule has 5 aliphatic rings. The summed E-state index contributed by atoms with van der Waals surface area (Å²) in [5.41, 5.74) is 0.806. The first kappa shape index (κ1) is 36.4. The first-order valence-electron chi connectivity index (χ1n) is 17.7. The Morgan fingerprint density at radius 1 is 1.14 bits per heavy atom. The predicted molar refractivity (Wildman–Crippen MR) is 188 cm³/mol. The van der Waals surface area contributed by atoms with E-state index in [1.807, 2.05) is 44.2 Å². The standard InChI is InChI=1S/C36H48N6O8S/c1-6-24-17-36(24,32(45)40-51(48,49)26-13-14-26)38-30(43)28-16-25-19-42(28)31(44)29(21(2)3)37-33(46)39-35(4,5)15-8-7-10-22-11-9-12-23-18-41(20-27(22)23)34(47)50-25/h6-7,9-12,21,24-26,28-29H,1,8,13-20H2,2-5H3,(H,38,43)(H,40,45)(H2,37,39,46)/t24-,25-,28+,29+,36-/m1/s1. The molecule has 6 amide bonds. The molecule has 4 bridgehead atoms. The van der Waals surface area contributed by atoms with Gasteiger partial charge in [0, 0.05) is 24.4 Å². The Balaban J connectivity index is 1.28. The van der Waals surface area contributed by atoms with Gasteiger partial charge < -0.3 is 25.6 Å². The Kier molecular flexibility index (Phi) is 9.72. The number of rotatable bonds is 7. The number of fused-ring (bicyclic) bond motifs is 3. The van der Waals surface area contributed by atoms with E-state index >= 15 is 0 Å². The molecule has 5 atom stereocenters. The van der Waals surface area contributed by atoms with E-state index in [-0.39, 0.29) is 25.3 Å². The molecule has 3 fully saturated rings. The van der Waals surface area contributed by atoms with Crippen molar-refractivity contribution in [1.29, 1.82) is 0 Å². The van der Waals surface area contributed by atoms with Gasteiger partial charge in [0.1, 0.15) is 23.7 Å². The summed E-state index contributed by atoms with van der Waals surface area (Å²) < 4.78 is 33.4. The summed E-state index contributed by atoms with van der Waals surface area (Å²) in [7, 11) is -3.90. The van der Waals surface area contributed by atoms with Gasteiger partial charge in [-0.3, -0.25) is 24.0 Å². The van der Waals surface area contributed by atoms with E-state index in [4.69, 9.17) is 4.74 Å². The van der Waals surface area contributed by atoms with Gasteiger partial charge in [-0.05, 0) is 68.6 Å². The number of hydrogen-bond acceptors (Lipinski definition) is 8. The fraction of sp³-hybridized carbons (Fsp3) is 0.583. The maximum Gasteiger partial charge on any atom is 0.410 e. The Hall–Kier alpha value is -4.40. The van der Waals surface area contributed by atoms with Crippen LogP contribution in [0.25, 0.3) is 6.08 Å². The molecule has 0 aromatic heterocycles. The molecule has 1 aromatic carbocycles. The number of hydrogen-bond donors (Lipinski definition) is 4. The minimum Gasteiger partial charge on any atom is -0.444 e. The molecule has 1 saturated heterocycles. The van der Waals surface area contributed by atoms with E-state index < -0.39 is 80.3 Å². The SMILES string of the molecule is C=C[C@@H]1C[C@]1(NC(=O)[C@@H]1C[C@@H]2CN1C(=O)[C@H](C(C)C)NC(=O)NC(C)(C)CCC=Cc1cccc3c1CN(C3)C(=O)O2)C(=O)NS(=O)(=O)C1CC1. The lowest BCUT2D eigenvalue weighted by Gasteiger charge is -2.32. The van der Waals surface area contributed by atoms with Crippen LogP contribution in [0.15, 0.2) is 36.9 Å². The van der Waals surface area contributed by atoms with Gasteiger partial charge in [0.05, 0.1) is 18.3 Å². The van der Waals surface area contributed by atoms with Gasteiger partial charge in [0.2, 0.25) is 21.8 Å². The minimum absolute atomic E-state index is 0.0705. The van der Waals surface area contributed by atoms with Crippen molar-refractivity contribution in [3.05, 3.63) is 53.6 Å². The van der Waals surface area contributed by atoms with Gasteiger partial charge in [-0.15, -0.1) is 6.58 Å². The van der Waals surface area contributed by atoms with Crippen molar-refractivity contribution in [1.82, 2.24) is 30.5 Å². The van der Waals surface area contributed by atoms with Crippen LogP contribution in [0.4, 0.5) is 9.59 Å². The predicted octanol–water partition coefficient (Wildman–Crippen LogP) is 2.69. The Morgan fingerprint density at radius 2 is 1.88 bits per heavy atom. The van der Waals surface area contributed by atoms with E-state index in [9.17, 15) is 32.4 Å². The van der Waals surface area contributed by atoms with Crippen LogP contribution < -0.4 is 20.7 Å². The van der Waals surface area contributed by atoms with Gasteiger partial charge in [-0.1, -0.05) is 50.3 Å². The molecule has 0 unspecified atom stereocenters. The molecule has 51 heavy (non-hydrogen) atoms. The number of amides is 6. The number of allylic oxidation sites excluding steroid dienone is 1. The molecule has 15 heteroatoms. The zero-order valence-electron chi connectivity index (χ0n) is 29.6. The quantitative estimate of drug-likeness (QED) is 0.310. The number of nitrogens with zero attached hydrogens (tertiary/aromatic N) is 2. The highest BCUT2D eigenvalue weighted by atomic mass is 32.2. The smallest absolute Gasteiger partial charge is 0.410 e. The highest BCUT2D eigenvalue weighted by molar-refractivity contribution is 7.91. The van der Waals surface area contributed by atoms with Crippen LogP contribution in [0.2, 0.25) is 0 Å². The molecule has 6 rings (SSSR count). The number of carbonyl (C=O) groups is 5. The summed E-state index contributed by atoms with van der Waals surface area (Å²) in [6.45, 7) is 11.6. The van der Waals surface area contributed by atoms with Gasteiger partial charge >= 0.3 is 12.1 Å². The second-order valence-electron chi connectivity index (χ2n) is 15.4. The lowest BCUT2D eigenvalue weighted by atomic mass is 9.97. The van der Waals surface area contributed by atoms with Gasteiger partial charge in [0.15, 0.2) is 0 Å². The van der Waals surface area contributed by atoms with Crippen molar-refractivity contribution in [2.45, 2.75) is 114 Å². The fourth-order valence-electron chi connectivity index (χ4n) is 7.24. The summed E-state index contributed by atoms with van der Waals surface area (Å²) in [4.78, 5) is 71.6. The molecule has 3 aliphatic heterocycles. The minimum atomic E-state index is -3.90. The van der Waals surface area contributed by atoms with Crippen LogP contribution >= 0.6 is 0 Å². The number of carbonyl (C=O) groups excluding carboxylic acids is 5. The van der Waals surface area contributed by atoms with Crippen molar-refractivity contribution in [3.8, 4) is 0 Å².